The summed E-state index contributed by atoms with van der Waals surface area (Å²) in [5.41, 5.74) is 12.3. The fraction of sp³-hybridized carbons (Fsp3) is 0.571. The standard InChI is InChI=1S/C14H24N4O/c1-18(11-8-12-6-3-5-10-17-12)14(19)13(16)7-2-4-9-15/h3,5-6,10,13H,2,4,7-9,11,15-16H2,1H3/t13-/m0/s1. The molecule has 0 spiro atoms. The molecular weight excluding hydrogens is 240 g/mol. The smallest absolute Gasteiger partial charge is 0.239 e. The Balaban J connectivity index is 2.31. The molecule has 5 heteroatoms. The second-order valence-electron chi connectivity index (χ2n) is 4.72. The van der Waals surface area contributed by atoms with E-state index in [-0.39, 0.29) is 5.91 Å². The third-order valence-corrected chi connectivity index (χ3v) is 3.09. The van der Waals surface area contributed by atoms with E-state index in [2.05, 4.69) is 4.98 Å². The zero-order valence-electron chi connectivity index (χ0n) is 11.6. The molecule has 0 aliphatic carbocycles. The van der Waals surface area contributed by atoms with Crippen LogP contribution in [0.3, 0.4) is 0 Å². The topological polar surface area (TPSA) is 85.2 Å². The quantitative estimate of drug-likeness (QED) is 0.671. The van der Waals surface area contributed by atoms with Gasteiger partial charge in [-0.05, 0) is 31.5 Å². The van der Waals surface area contributed by atoms with Gasteiger partial charge in [0.05, 0.1) is 6.04 Å². The Labute approximate surface area is 115 Å². The molecule has 0 fully saturated rings. The van der Waals surface area contributed by atoms with E-state index >= 15 is 0 Å². The second kappa shape index (κ2) is 8.61. The van der Waals surface area contributed by atoms with Crippen LogP contribution in [0.5, 0.6) is 0 Å². The number of hydrogen-bond acceptors (Lipinski definition) is 4. The number of aromatic nitrogens is 1. The lowest BCUT2D eigenvalue weighted by Crippen LogP contribution is -2.42. The van der Waals surface area contributed by atoms with Crippen LogP contribution in [0.4, 0.5) is 0 Å². The van der Waals surface area contributed by atoms with Gasteiger partial charge in [0.1, 0.15) is 0 Å². The summed E-state index contributed by atoms with van der Waals surface area (Å²) in [6.45, 7) is 1.29. The SMILES string of the molecule is CN(CCc1ccccn1)C(=O)[C@@H](N)CCCCN. The largest absolute Gasteiger partial charge is 0.344 e. The molecule has 0 radical (unpaired) electrons. The van der Waals surface area contributed by atoms with Gasteiger partial charge in [-0.2, -0.15) is 0 Å². The van der Waals surface area contributed by atoms with E-state index in [0.717, 1.165) is 25.0 Å². The van der Waals surface area contributed by atoms with Crippen molar-refractivity contribution >= 4 is 5.91 Å². The van der Waals surface area contributed by atoms with Gasteiger partial charge in [0.2, 0.25) is 5.91 Å². The van der Waals surface area contributed by atoms with Gasteiger partial charge in [-0.25, -0.2) is 0 Å². The third-order valence-electron chi connectivity index (χ3n) is 3.09. The number of likely N-dealkylation sites (N-methyl/N-ethyl adjacent to an activating group) is 1. The van der Waals surface area contributed by atoms with Crippen LogP contribution in [-0.2, 0) is 11.2 Å². The number of unbranched alkanes of at least 4 members (excludes halogenated alkanes) is 1. The lowest BCUT2D eigenvalue weighted by molar-refractivity contribution is -0.131. The second-order valence-corrected chi connectivity index (χ2v) is 4.72. The summed E-state index contributed by atoms with van der Waals surface area (Å²) < 4.78 is 0. The lowest BCUT2D eigenvalue weighted by Gasteiger charge is -2.21. The van der Waals surface area contributed by atoms with Crippen molar-refractivity contribution in [3.8, 4) is 0 Å². The summed E-state index contributed by atoms with van der Waals surface area (Å²) in [7, 11) is 1.79. The Kier molecular flexibility index (Phi) is 7.07. The molecule has 0 bridgehead atoms. The first kappa shape index (κ1) is 15.6. The van der Waals surface area contributed by atoms with Crippen LogP contribution in [0.1, 0.15) is 25.0 Å². The molecule has 4 N–H and O–H groups in total. The maximum absolute atomic E-state index is 12.0. The molecule has 0 unspecified atom stereocenters. The minimum Gasteiger partial charge on any atom is -0.344 e. The normalized spacial score (nSPS) is 12.2. The van der Waals surface area contributed by atoms with E-state index in [1.165, 1.54) is 0 Å². The molecule has 19 heavy (non-hydrogen) atoms. The Morgan fingerprint density at radius 3 is 2.84 bits per heavy atom. The van der Waals surface area contributed by atoms with Crippen LogP contribution >= 0.6 is 0 Å². The highest BCUT2D eigenvalue weighted by Crippen LogP contribution is 2.03. The van der Waals surface area contributed by atoms with Crippen LogP contribution in [0.2, 0.25) is 0 Å². The molecular formula is C14H24N4O. The first-order chi connectivity index (χ1) is 9.15. The average Bonchev–Trinajstić information content (AvgIpc) is 2.45. The predicted molar refractivity (Wildman–Crippen MR) is 76.5 cm³/mol. The van der Waals surface area contributed by atoms with Crippen LogP contribution in [-0.4, -0.2) is 42.0 Å². The number of nitrogens with two attached hydrogens (primary N) is 2. The Bertz CT molecular complexity index is 369. The third kappa shape index (κ3) is 5.81. The van der Waals surface area contributed by atoms with Crippen molar-refractivity contribution in [3.05, 3.63) is 30.1 Å². The number of rotatable bonds is 8. The molecule has 1 aromatic rings. The number of pyridine rings is 1. The summed E-state index contributed by atoms with van der Waals surface area (Å²) in [5, 5.41) is 0. The predicted octanol–water partition coefficient (Wildman–Crippen LogP) is 0.539. The van der Waals surface area contributed by atoms with Crippen molar-refractivity contribution in [3.63, 3.8) is 0 Å². The maximum Gasteiger partial charge on any atom is 0.239 e. The summed E-state index contributed by atoms with van der Waals surface area (Å²) in [5.74, 6) is -0.00653. The zero-order valence-corrected chi connectivity index (χ0v) is 11.6. The van der Waals surface area contributed by atoms with Gasteiger partial charge in [-0.15, -0.1) is 0 Å². The molecule has 1 aromatic heterocycles. The Morgan fingerprint density at radius 1 is 1.42 bits per heavy atom. The molecule has 1 rings (SSSR count). The minimum absolute atomic E-state index is 0.00653. The average molecular weight is 264 g/mol. The molecule has 106 valence electrons. The molecule has 0 aromatic carbocycles. The zero-order chi connectivity index (χ0) is 14.1. The first-order valence-electron chi connectivity index (χ1n) is 6.75. The lowest BCUT2D eigenvalue weighted by atomic mass is 10.1. The summed E-state index contributed by atoms with van der Waals surface area (Å²) >= 11 is 0. The van der Waals surface area contributed by atoms with Crippen LogP contribution in [0.25, 0.3) is 0 Å². The van der Waals surface area contributed by atoms with Gasteiger partial charge in [-0.3, -0.25) is 9.78 Å². The van der Waals surface area contributed by atoms with Gasteiger partial charge >= 0.3 is 0 Å². The molecule has 0 saturated heterocycles. The molecule has 1 atom stereocenters. The molecule has 1 amide bonds. The van der Waals surface area contributed by atoms with Crippen molar-refractivity contribution in [2.24, 2.45) is 11.5 Å². The van der Waals surface area contributed by atoms with Crippen molar-refractivity contribution in [1.29, 1.82) is 0 Å². The number of hydrogen-bond donors (Lipinski definition) is 2. The Morgan fingerprint density at radius 2 is 2.21 bits per heavy atom. The minimum atomic E-state index is -0.416. The monoisotopic (exact) mass is 264 g/mol. The molecule has 0 saturated carbocycles. The molecule has 1 heterocycles. The first-order valence-corrected chi connectivity index (χ1v) is 6.75. The van der Waals surface area contributed by atoms with Gasteiger partial charge in [-0.1, -0.05) is 12.5 Å². The maximum atomic E-state index is 12.0. The van der Waals surface area contributed by atoms with Crippen LogP contribution < -0.4 is 11.5 Å². The van der Waals surface area contributed by atoms with E-state index in [9.17, 15) is 4.79 Å². The number of amides is 1. The van der Waals surface area contributed by atoms with Gasteiger partial charge in [0, 0.05) is 31.9 Å². The van der Waals surface area contributed by atoms with Crippen LogP contribution in [0.15, 0.2) is 24.4 Å². The summed E-state index contributed by atoms with van der Waals surface area (Å²) in [4.78, 5) is 17.9. The van der Waals surface area contributed by atoms with Gasteiger partial charge < -0.3 is 16.4 Å². The molecule has 5 nitrogen and oxygen atoms in total. The van der Waals surface area contributed by atoms with Gasteiger partial charge in [0.15, 0.2) is 0 Å². The fourth-order valence-electron chi connectivity index (χ4n) is 1.85. The van der Waals surface area contributed by atoms with E-state index in [4.69, 9.17) is 11.5 Å². The number of carbonyl (C=O) groups excluding carboxylic acids is 1. The van der Waals surface area contributed by atoms with Crippen molar-refractivity contribution < 1.29 is 4.79 Å². The van der Waals surface area contributed by atoms with Crippen LogP contribution in [0, 0.1) is 0 Å². The molecule has 0 aliphatic heterocycles. The summed E-state index contributed by atoms with van der Waals surface area (Å²) in [6, 6.07) is 5.37. The van der Waals surface area contributed by atoms with E-state index in [1.807, 2.05) is 18.2 Å². The highest BCUT2D eigenvalue weighted by molar-refractivity contribution is 5.81. The number of carbonyl (C=O) groups is 1. The van der Waals surface area contributed by atoms with E-state index in [0.29, 0.717) is 19.5 Å². The van der Waals surface area contributed by atoms with Crippen molar-refractivity contribution in [1.82, 2.24) is 9.88 Å². The van der Waals surface area contributed by atoms with Crippen molar-refractivity contribution in [2.75, 3.05) is 20.1 Å². The van der Waals surface area contributed by atoms with Gasteiger partial charge in [0.25, 0.3) is 0 Å². The van der Waals surface area contributed by atoms with E-state index in [1.54, 1.807) is 18.1 Å². The fourth-order valence-corrected chi connectivity index (χ4v) is 1.85. The summed E-state index contributed by atoms with van der Waals surface area (Å²) in [6.07, 6.45) is 5.02. The number of nitrogens with zero attached hydrogens (tertiary/aromatic N) is 2. The molecule has 0 aliphatic rings. The highest BCUT2D eigenvalue weighted by Gasteiger charge is 2.17. The van der Waals surface area contributed by atoms with E-state index < -0.39 is 6.04 Å². The van der Waals surface area contributed by atoms with Crippen molar-refractivity contribution in [2.45, 2.75) is 31.7 Å². The Hall–Kier alpha value is -1.46. The highest BCUT2D eigenvalue weighted by atomic mass is 16.2.